The monoisotopic (exact) mass is 345 g/mol. The Morgan fingerprint density at radius 2 is 1.79 bits per heavy atom. The van der Waals surface area contributed by atoms with E-state index in [9.17, 15) is 8.42 Å². The average molecular weight is 346 g/mol. The van der Waals surface area contributed by atoms with Crippen LogP contribution in [0.4, 0.5) is 0 Å². The standard InChI is InChI=1S/C14H20BrNO2S/c1-14(2,3)11-8-9-16(10-11)19(17,18)13-6-4-12(15)5-7-13/h4-7,11H,8-10H2,1-3H3. The summed E-state index contributed by atoms with van der Waals surface area (Å²) in [5, 5.41) is 0. The van der Waals surface area contributed by atoms with Crippen molar-refractivity contribution < 1.29 is 8.42 Å². The first-order chi connectivity index (χ1) is 8.71. The second-order valence-corrected chi connectivity index (χ2v) is 9.02. The highest BCUT2D eigenvalue weighted by molar-refractivity contribution is 9.10. The van der Waals surface area contributed by atoms with Crippen LogP contribution in [0, 0.1) is 11.3 Å². The smallest absolute Gasteiger partial charge is 0.207 e. The molecule has 1 saturated heterocycles. The Labute approximate surface area is 124 Å². The number of sulfonamides is 1. The Morgan fingerprint density at radius 3 is 2.26 bits per heavy atom. The highest BCUT2D eigenvalue weighted by atomic mass is 79.9. The fourth-order valence-corrected chi connectivity index (χ4v) is 4.17. The molecule has 3 nitrogen and oxygen atoms in total. The van der Waals surface area contributed by atoms with E-state index in [0.29, 0.717) is 23.9 Å². The highest BCUT2D eigenvalue weighted by Crippen LogP contribution is 2.35. The second-order valence-electron chi connectivity index (χ2n) is 6.17. The second kappa shape index (κ2) is 5.19. The van der Waals surface area contributed by atoms with E-state index in [1.54, 1.807) is 28.6 Å². The summed E-state index contributed by atoms with van der Waals surface area (Å²) in [7, 11) is -3.34. The lowest BCUT2D eigenvalue weighted by Crippen LogP contribution is -2.31. The number of hydrogen-bond acceptors (Lipinski definition) is 2. The number of benzene rings is 1. The predicted molar refractivity (Wildman–Crippen MR) is 80.5 cm³/mol. The molecule has 106 valence electrons. The van der Waals surface area contributed by atoms with Gasteiger partial charge in [0.15, 0.2) is 0 Å². The Hall–Kier alpha value is -0.390. The SMILES string of the molecule is CC(C)(C)C1CCN(S(=O)(=O)c2ccc(Br)cc2)C1. The van der Waals surface area contributed by atoms with Gasteiger partial charge in [-0.1, -0.05) is 36.7 Å². The van der Waals surface area contributed by atoms with Gasteiger partial charge < -0.3 is 0 Å². The summed E-state index contributed by atoms with van der Waals surface area (Å²) in [4.78, 5) is 0.380. The predicted octanol–water partition coefficient (Wildman–Crippen LogP) is 3.51. The third-order valence-corrected chi connectivity index (χ3v) is 6.24. The van der Waals surface area contributed by atoms with Gasteiger partial charge in [0.2, 0.25) is 10.0 Å². The molecule has 1 aromatic carbocycles. The van der Waals surface area contributed by atoms with Crippen LogP contribution in [0.2, 0.25) is 0 Å². The molecule has 1 atom stereocenters. The van der Waals surface area contributed by atoms with Crippen LogP contribution in [0.25, 0.3) is 0 Å². The Bertz CT molecular complexity index is 546. The summed E-state index contributed by atoms with van der Waals surface area (Å²) < 4.78 is 27.6. The zero-order valence-electron chi connectivity index (χ0n) is 11.6. The summed E-state index contributed by atoms with van der Waals surface area (Å²) in [6.07, 6.45) is 0.944. The quantitative estimate of drug-likeness (QED) is 0.822. The maximum Gasteiger partial charge on any atom is 0.243 e. The van der Waals surface area contributed by atoms with Gasteiger partial charge >= 0.3 is 0 Å². The lowest BCUT2D eigenvalue weighted by molar-refractivity contribution is 0.252. The molecular weight excluding hydrogens is 326 g/mol. The Morgan fingerprint density at radius 1 is 1.21 bits per heavy atom. The molecule has 1 fully saturated rings. The topological polar surface area (TPSA) is 37.4 Å². The molecule has 0 aromatic heterocycles. The summed E-state index contributed by atoms with van der Waals surface area (Å²) in [5.41, 5.74) is 0.157. The van der Waals surface area contributed by atoms with Crippen LogP contribution in [0.3, 0.4) is 0 Å². The first kappa shape index (κ1) is 15.0. The van der Waals surface area contributed by atoms with Crippen molar-refractivity contribution in [1.29, 1.82) is 0 Å². The molecule has 0 saturated carbocycles. The number of nitrogens with zero attached hydrogens (tertiary/aromatic N) is 1. The van der Waals surface area contributed by atoms with Gasteiger partial charge in [-0.05, 0) is 42.0 Å². The van der Waals surface area contributed by atoms with E-state index in [1.807, 2.05) is 0 Å². The van der Waals surface area contributed by atoms with Crippen LogP contribution in [0.5, 0.6) is 0 Å². The molecule has 0 N–H and O–H groups in total. The molecule has 1 unspecified atom stereocenters. The third-order valence-electron chi connectivity index (χ3n) is 3.83. The summed E-state index contributed by atoms with van der Waals surface area (Å²) in [5.74, 6) is 0.428. The van der Waals surface area contributed by atoms with Crippen LogP contribution in [-0.4, -0.2) is 25.8 Å². The van der Waals surface area contributed by atoms with E-state index in [0.717, 1.165) is 10.9 Å². The molecule has 0 amide bonds. The molecule has 0 radical (unpaired) electrons. The van der Waals surface area contributed by atoms with Gasteiger partial charge in [0.05, 0.1) is 4.90 Å². The molecule has 1 aliphatic rings. The van der Waals surface area contributed by atoms with E-state index in [4.69, 9.17) is 0 Å². The zero-order chi connectivity index (χ0) is 14.3. The lowest BCUT2D eigenvalue weighted by Gasteiger charge is -2.26. The number of hydrogen-bond donors (Lipinski definition) is 0. The minimum atomic E-state index is -3.34. The highest BCUT2D eigenvalue weighted by Gasteiger charge is 2.37. The van der Waals surface area contributed by atoms with Gasteiger partial charge in [-0.3, -0.25) is 0 Å². The van der Waals surface area contributed by atoms with Gasteiger partial charge in [-0.2, -0.15) is 4.31 Å². The van der Waals surface area contributed by atoms with Crippen molar-refractivity contribution >= 4 is 26.0 Å². The largest absolute Gasteiger partial charge is 0.243 e. The van der Waals surface area contributed by atoms with Crippen molar-refractivity contribution in [2.75, 3.05) is 13.1 Å². The number of rotatable bonds is 2. The Kier molecular flexibility index (Phi) is 4.10. The van der Waals surface area contributed by atoms with Gasteiger partial charge in [0.25, 0.3) is 0 Å². The van der Waals surface area contributed by atoms with Gasteiger partial charge in [-0.25, -0.2) is 8.42 Å². The molecule has 0 spiro atoms. The lowest BCUT2D eigenvalue weighted by atomic mass is 9.80. The molecule has 2 rings (SSSR count). The van der Waals surface area contributed by atoms with Crippen molar-refractivity contribution in [3.05, 3.63) is 28.7 Å². The normalized spacial score (nSPS) is 21.8. The van der Waals surface area contributed by atoms with Crippen molar-refractivity contribution in [1.82, 2.24) is 4.31 Å². The molecule has 1 heterocycles. The third kappa shape index (κ3) is 3.20. The van der Waals surface area contributed by atoms with E-state index >= 15 is 0 Å². The maximum absolute atomic E-state index is 12.5. The van der Waals surface area contributed by atoms with E-state index in [2.05, 4.69) is 36.7 Å². The molecule has 19 heavy (non-hydrogen) atoms. The van der Waals surface area contributed by atoms with Crippen molar-refractivity contribution in [3.63, 3.8) is 0 Å². The summed E-state index contributed by atoms with van der Waals surface area (Å²) in [6, 6.07) is 6.85. The first-order valence-corrected chi connectivity index (χ1v) is 8.70. The van der Waals surface area contributed by atoms with Gasteiger partial charge in [-0.15, -0.1) is 0 Å². The fourth-order valence-electron chi connectivity index (χ4n) is 2.41. The van der Waals surface area contributed by atoms with Crippen molar-refractivity contribution in [3.8, 4) is 0 Å². The Balaban J connectivity index is 2.21. The fraction of sp³-hybridized carbons (Fsp3) is 0.571. The minimum Gasteiger partial charge on any atom is -0.207 e. The number of halogens is 1. The summed E-state index contributed by atoms with van der Waals surface area (Å²) >= 11 is 3.32. The average Bonchev–Trinajstić information content (AvgIpc) is 2.79. The molecule has 0 aliphatic carbocycles. The summed E-state index contributed by atoms with van der Waals surface area (Å²) in [6.45, 7) is 7.77. The van der Waals surface area contributed by atoms with Crippen LogP contribution < -0.4 is 0 Å². The van der Waals surface area contributed by atoms with Crippen LogP contribution >= 0.6 is 15.9 Å². The van der Waals surface area contributed by atoms with Gasteiger partial charge in [0.1, 0.15) is 0 Å². The van der Waals surface area contributed by atoms with E-state index in [-0.39, 0.29) is 5.41 Å². The first-order valence-electron chi connectivity index (χ1n) is 6.47. The molecular formula is C14H20BrNO2S. The van der Waals surface area contributed by atoms with Gasteiger partial charge in [0, 0.05) is 17.6 Å². The van der Waals surface area contributed by atoms with E-state index < -0.39 is 10.0 Å². The van der Waals surface area contributed by atoms with Crippen molar-refractivity contribution in [2.24, 2.45) is 11.3 Å². The zero-order valence-corrected chi connectivity index (χ0v) is 14.0. The molecule has 1 aliphatic heterocycles. The molecule has 1 aromatic rings. The van der Waals surface area contributed by atoms with Crippen LogP contribution in [-0.2, 0) is 10.0 Å². The maximum atomic E-state index is 12.5. The van der Waals surface area contributed by atoms with Crippen molar-refractivity contribution in [2.45, 2.75) is 32.1 Å². The minimum absolute atomic E-state index is 0.157. The molecule has 5 heteroatoms. The van der Waals surface area contributed by atoms with Crippen LogP contribution in [0.15, 0.2) is 33.6 Å². The van der Waals surface area contributed by atoms with Crippen LogP contribution in [0.1, 0.15) is 27.2 Å². The van der Waals surface area contributed by atoms with E-state index in [1.165, 1.54) is 0 Å². The molecule has 0 bridgehead atoms.